The zero-order valence-electron chi connectivity index (χ0n) is 10.4. The standard InChI is InChI=1S/C12H24OS/c1-9(2)10-7-13-12(6,14-8-10)11(3,4)5/h9-10H,7-8H2,1-6H3. The molecular weight excluding hydrogens is 192 g/mol. The van der Waals surface area contributed by atoms with Crippen molar-refractivity contribution < 1.29 is 4.74 Å². The number of hydrogen-bond acceptors (Lipinski definition) is 2. The average Bonchev–Trinajstić information content (AvgIpc) is 2.03. The van der Waals surface area contributed by atoms with E-state index >= 15 is 0 Å². The van der Waals surface area contributed by atoms with Crippen molar-refractivity contribution in [2.75, 3.05) is 12.4 Å². The summed E-state index contributed by atoms with van der Waals surface area (Å²) < 4.78 is 6.07. The Morgan fingerprint density at radius 2 is 1.93 bits per heavy atom. The van der Waals surface area contributed by atoms with Gasteiger partial charge >= 0.3 is 0 Å². The van der Waals surface area contributed by atoms with Gasteiger partial charge in [0, 0.05) is 11.2 Å². The molecule has 1 fully saturated rings. The van der Waals surface area contributed by atoms with E-state index in [1.165, 1.54) is 5.75 Å². The quantitative estimate of drug-likeness (QED) is 0.659. The maximum atomic E-state index is 6.07. The molecule has 0 N–H and O–H groups in total. The number of thioether (sulfide) groups is 1. The van der Waals surface area contributed by atoms with Crippen molar-refractivity contribution in [2.45, 2.75) is 46.5 Å². The summed E-state index contributed by atoms with van der Waals surface area (Å²) in [6.07, 6.45) is 0. The summed E-state index contributed by atoms with van der Waals surface area (Å²) in [6, 6.07) is 0. The van der Waals surface area contributed by atoms with Crippen LogP contribution in [-0.2, 0) is 4.74 Å². The van der Waals surface area contributed by atoms with Crippen LogP contribution >= 0.6 is 11.8 Å². The van der Waals surface area contributed by atoms with Gasteiger partial charge in [-0.05, 0) is 18.8 Å². The fraction of sp³-hybridized carbons (Fsp3) is 1.00. The molecule has 1 aliphatic heterocycles. The number of ether oxygens (including phenoxy) is 1. The summed E-state index contributed by atoms with van der Waals surface area (Å²) in [5, 5.41) is 0. The second-order valence-corrected chi connectivity index (χ2v) is 7.22. The number of rotatable bonds is 1. The molecular formula is C12H24OS. The predicted molar refractivity (Wildman–Crippen MR) is 64.6 cm³/mol. The Morgan fingerprint density at radius 3 is 2.21 bits per heavy atom. The first-order valence-electron chi connectivity index (χ1n) is 5.54. The van der Waals surface area contributed by atoms with Crippen LogP contribution in [0.2, 0.25) is 0 Å². The molecule has 84 valence electrons. The minimum atomic E-state index is -0.00160. The largest absolute Gasteiger partial charge is 0.364 e. The van der Waals surface area contributed by atoms with Gasteiger partial charge in [-0.1, -0.05) is 34.6 Å². The van der Waals surface area contributed by atoms with E-state index in [1.807, 2.05) is 11.8 Å². The molecule has 0 bridgehead atoms. The van der Waals surface area contributed by atoms with Gasteiger partial charge in [0.15, 0.2) is 0 Å². The fourth-order valence-electron chi connectivity index (χ4n) is 1.44. The Labute approximate surface area is 93.0 Å². The lowest BCUT2D eigenvalue weighted by molar-refractivity contribution is -0.0595. The normalized spacial score (nSPS) is 34.9. The van der Waals surface area contributed by atoms with Crippen molar-refractivity contribution in [1.29, 1.82) is 0 Å². The molecule has 1 nitrogen and oxygen atoms in total. The topological polar surface area (TPSA) is 9.23 Å². The van der Waals surface area contributed by atoms with Crippen LogP contribution in [0.3, 0.4) is 0 Å². The Bertz CT molecular complexity index is 185. The third kappa shape index (κ3) is 2.46. The third-order valence-corrected chi connectivity index (χ3v) is 5.33. The molecule has 0 spiro atoms. The summed E-state index contributed by atoms with van der Waals surface area (Å²) in [5.74, 6) is 2.72. The summed E-state index contributed by atoms with van der Waals surface area (Å²) >= 11 is 1.99. The zero-order chi connectivity index (χ0) is 11.0. The highest BCUT2D eigenvalue weighted by atomic mass is 32.2. The van der Waals surface area contributed by atoms with Gasteiger partial charge in [0.25, 0.3) is 0 Å². The first-order chi connectivity index (χ1) is 6.26. The van der Waals surface area contributed by atoms with Crippen molar-refractivity contribution in [3.63, 3.8) is 0 Å². The van der Waals surface area contributed by atoms with Crippen LogP contribution in [0.15, 0.2) is 0 Å². The van der Waals surface area contributed by atoms with Crippen LogP contribution in [0.25, 0.3) is 0 Å². The lowest BCUT2D eigenvalue weighted by atomic mass is 9.89. The van der Waals surface area contributed by atoms with Crippen LogP contribution in [0.5, 0.6) is 0 Å². The molecule has 14 heavy (non-hydrogen) atoms. The fourth-order valence-corrected chi connectivity index (χ4v) is 3.04. The lowest BCUT2D eigenvalue weighted by Gasteiger charge is -2.46. The molecule has 2 atom stereocenters. The Hall–Kier alpha value is 0.310. The van der Waals surface area contributed by atoms with Gasteiger partial charge in [0.2, 0.25) is 0 Å². The Balaban J connectivity index is 2.58. The van der Waals surface area contributed by atoms with Crippen molar-refractivity contribution in [3.05, 3.63) is 0 Å². The van der Waals surface area contributed by atoms with E-state index in [9.17, 15) is 0 Å². The lowest BCUT2D eigenvalue weighted by Crippen LogP contribution is -2.45. The highest BCUT2D eigenvalue weighted by Crippen LogP contribution is 2.47. The van der Waals surface area contributed by atoms with Gasteiger partial charge in [-0.2, -0.15) is 0 Å². The molecule has 1 rings (SSSR count). The first kappa shape index (κ1) is 12.4. The highest BCUT2D eigenvalue weighted by Gasteiger charge is 2.42. The SMILES string of the molecule is CC(C)C1COC(C)(C(C)(C)C)SC1. The Kier molecular flexibility index (Phi) is 3.58. The van der Waals surface area contributed by atoms with Gasteiger partial charge in [-0.3, -0.25) is 0 Å². The molecule has 0 aromatic heterocycles. The third-order valence-electron chi connectivity index (χ3n) is 3.45. The smallest absolute Gasteiger partial charge is 0.115 e. The maximum absolute atomic E-state index is 6.07. The monoisotopic (exact) mass is 216 g/mol. The molecule has 0 amide bonds. The van der Waals surface area contributed by atoms with Crippen LogP contribution in [-0.4, -0.2) is 17.3 Å². The molecule has 1 aliphatic rings. The van der Waals surface area contributed by atoms with Crippen molar-refractivity contribution in [3.8, 4) is 0 Å². The van der Waals surface area contributed by atoms with E-state index in [0.29, 0.717) is 0 Å². The molecule has 1 heterocycles. The van der Waals surface area contributed by atoms with Crippen molar-refractivity contribution in [2.24, 2.45) is 17.3 Å². The predicted octanol–water partition coefficient (Wildman–Crippen LogP) is 3.78. The summed E-state index contributed by atoms with van der Waals surface area (Å²) in [4.78, 5) is -0.00160. The maximum Gasteiger partial charge on any atom is 0.115 e. The second-order valence-electron chi connectivity index (χ2n) is 5.82. The average molecular weight is 216 g/mol. The van der Waals surface area contributed by atoms with E-state index in [0.717, 1.165) is 18.4 Å². The number of hydrogen-bond donors (Lipinski definition) is 0. The summed E-state index contributed by atoms with van der Waals surface area (Å²) in [5.41, 5.74) is 0.222. The van der Waals surface area contributed by atoms with Gasteiger partial charge < -0.3 is 4.74 Å². The minimum absolute atomic E-state index is 0.00160. The van der Waals surface area contributed by atoms with E-state index in [2.05, 4.69) is 41.5 Å². The van der Waals surface area contributed by atoms with Gasteiger partial charge in [0.1, 0.15) is 4.93 Å². The van der Waals surface area contributed by atoms with Crippen LogP contribution in [0.1, 0.15) is 41.5 Å². The van der Waals surface area contributed by atoms with Crippen molar-refractivity contribution in [1.82, 2.24) is 0 Å². The van der Waals surface area contributed by atoms with E-state index in [4.69, 9.17) is 4.74 Å². The van der Waals surface area contributed by atoms with Gasteiger partial charge in [-0.25, -0.2) is 0 Å². The van der Waals surface area contributed by atoms with Gasteiger partial charge in [0.05, 0.1) is 6.61 Å². The van der Waals surface area contributed by atoms with E-state index in [1.54, 1.807) is 0 Å². The van der Waals surface area contributed by atoms with Crippen molar-refractivity contribution >= 4 is 11.8 Å². The molecule has 2 heteroatoms. The zero-order valence-corrected chi connectivity index (χ0v) is 11.2. The molecule has 1 saturated heterocycles. The molecule has 0 radical (unpaired) electrons. The van der Waals surface area contributed by atoms with Gasteiger partial charge in [-0.15, -0.1) is 11.8 Å². The minimum Gasteiger partial charge on any atom is -0.364 e. The molecule has 0 saturated carbocycles. The molecule has 0 aromatic rings. The second kappa shape index (κ2) is 4.05. The first-order valence-corrected chi connectivity index (χ1v) is 6.53. The highest BCUT2D eigenvalue weighted by molar-refractivity contribution is 8.00. The van der Waals surface area contributed by atoms with E-state index in [-0.39, 0.29) is 10.3 Å². The summed E-state index contributed by atoms with van der Waals surface area (Å²) in [7, 11) is 0. The Morgan fingerprint density at radius 1 is 1.36 bits per heavy atom. The molecule has 0 aromatic carbocycles. The summed E-state index contributed by atoms with van der Waals surface area (Å²) in [6.45, 7) is 14.5. The van der Waals surface area contributed by atoms with E-state index < -0.39 is 0 Å². The van der Waals surface area contributed by atoms with Crippen LogP contribution < -0.4 is 0 Å². The van der Waals surface area contributed by atoms with Crippen LogP contribution in [0, 0.1) is 17.3 Å². The molecule has 0 aliphatic carbocycles. The molecule has 2 unspecified atom stereocenters. The van der Waals surface area contributed by atoms with Crippen LogP contribution in [0.4, 0.5) is 0 Å².